The molecule has 1 aliphatic rings. The number of carbonyl (C=O) groups is 1. The zero-order valence-corrected chi connectivity index (χ0v) is 11.2. The quantitative estimate of drug-likeness (QED) is 0.875. The minimum Gasteiger partial charge on any atom is -0.348 e. The molecule has 1 fully saturated rings. The molecule has 1 atom stereocenters. The molecule has 104 valence electrons. The van der Waals surface area contributed by atoms with Gasteiger partial charge in [-0.2, -0.15) is 4.98 Å². The summed E-state index contributed by atoms with van der Waals surface area (Å²) in [5, 5.41) is 10.1. The fraction of sp³-hybridized carbons (Fsp3) is 0.357. The van der Waals surface area contributed by atoms with Gasteiger partial charge in [0.2, 0.25) is 11.7 Å². The SMILES string of the molecule is Cc1nc(-c2cccc(C(=O)NC3CCNC3)c2)no1. The van der Waals surface area contributed by atoms with Crippen LogP contribution in [0, 0.1) is 6.92 Å². The van der Waals surface area contributed by atoms with E-state index in [4.69, 9.17) is 4.52 Å². The lowest BCUT2D eigenvalue weighted by Crippen LogP contribution is -2.36. The normalized spacial score (nSPS) is 18.1. The van der Waals surface area contributed by atoms with Crippen LogP contribution in [0.1, 0.15) is 22.7 Å². The van der Waals surface area contributed by atoms with Gasteiger partial charge in [0.05, 0.1) is 0 Å². The third-order valence-corrected chi connectivity index (χ3v) is 3.31. The molecule has 0 aliphatic carbocycles. The van der Waals surface area contributed by atoms with Gasteiger partial charge in [-0.05, 0) is 25.1 Å². The summed E-state index contributed by atoms with van der Waals surface area (Å²) in [7, 11) is 0. The van der Waals surface area contributed by atoms with E-state index in [0.29, 0.717) is 17.3 Å². The summed E-state index contributed by atoms with van der Waals surface area (Å²) in [6.07, 6.45) is 0.968. The molecule has 1 aliphatic heterocycles. The summed E-state index contributed by atoms with van der Waals surface area (Å²) in [5.41, 5.74) is 1.39. The number of nitrogens with one attached hydrogen (secondary N) is 2. The number of amides is 1. The molecule has 1 saturated heterocycles. The van der Waals surface area contributed by atoms with Gasteiger partial charge in [0.25, 0.3) is 5.91 Å². The van der Waals surface area contributed by atoms with Gasteiger partial charge in [0, 0.05) is 30.6 Å². The Balaban J connectivity index is 1.78. The average Bonchev–Trinajstić information content (AvgIpc) is 3.10. The number of carbonyl (C=O) groups excluding carboxylic acids is 1. The largest absolute Gasteiger partial charge is 0.348 e. The first-order valence-electron chi connectivity index (χ1n) is 6.65. The molecule has 0 bridgehead atoms. The second-order valence-corrected chi connectivity index (χ2v) is 4.88. The van der Waals surface area contributed by atoms with E-state index in [0.717, 1.165) is 25.1 Å². The molecule has 20 heavy (non-hydrogen) atoms. The monoisotopic (exact) mass is 272 g/mol. The number of aryl methyl sites for hydroxylation is 1. The third-order valence-electron chi connectivity index (χ3n) is 3.31. The van der Waals surface area contributed by atoms with Gasteiger partial charge in [-0.3, -0.25) is 4.79 Å². The van der Waals surface area contributed by atoms with E-state index in [1.54, 1.807) is 19.1 Å². The smallest absolute Gasteiger partial charge is 0.251 e. The average molecular weight is 272 g/mol. The molecule has 2 aromatic rings. The number of nitrogens with zero attached hydrogens (tertiary/aromatic N) is 2. The van der Waals surface area contributed by atoms with Gasteiger partial charge in [-0.25, -0.2) is 0 Å². The van der Waals surface area contributed by atoms with Crippen molar-refractivity contribution in [3.63, 3.8) is 0 Å². The maximum Gasteiger partial charge on any atom is 0.251 e. The lowest BCUT2D eigenvalue weighted by Gasteiger charge is -2.11. The van der Waals surface area contributed by atoms with Gasteiger partial charge in [-0.1, -0.05) is 17.3 Å². The summed E-state index contributed by atoms with van der Waals surface area (Å²) >= 11 is 0. The van der Waals surface area contributed by atoms with Crippen LogP contribution in [0.15, 0.2) is 28.8 Å². The lowest BCUT2D eigenvalue weighted by molar-refractivity contribution is 0.0940. The summed E-state index contributed by atoms with van der Waals surface area (Å²) in [6.45, 7) is 3.52. The molecular weight excluding hydrogens is 256 g/mol. The first-order valence-corrected chi connectivity index (χ1v) is 6.65. The van der Waals surface area contributed by atoms with E-state index < -0.39 is 0 Å². The highest BCUT2D eigenvalue weighted by atomic mass is 16.5. The predicted octanol–water partition coefficient (Wildman–Crippen LogP) is 1.14. The first kappa shape index (κ1) is 12.8. The summed E-state index contributed by atoms with van der Waals surface area (Å²) in [4.78, 5) is 16.4. The Kier molecular flexibility index (Phi) is 3.47. The number of aromatic nitrogens is 2. The van der Waals surface area contributed by atoms with Crippen molar-refractivity contribution >= 4 is 5.91 Å². The molecule has 1 unspecified atom stereocenters. The van der Waals surface area contributed by atoms with Crippen molar-refractivity contribution in [3.8, 4) is 11.4 Å². The zero-order chi connectivity index (χ0) is 13.9. The van der Waals surface area contributed by atoms with E-state index >= 15 is 0 Å². The highest BCUT2D eigenvalue weighted by molar-refractivity contribution is 5.95. The third kappa shape index (κ3) is 2.70. The lowest BCUT2D eigenvalue weighted by atomic mass is 10.1. The van der Waals surface area contributed by atoms with Crippen LogP contribution in [0.5, 0.6) is 0 Å². The van der Waals surface area contributed by atoms with Gasteiger partial charge < -0.3 is 15.2 Å². The van der Waals surface area contributed by atoms with Crippen LogP contribution in [-0.2, 0) is 0 Å². The van der Waals surface area contributed by atoms with Crippen LogP contribution < -0.4 is 10.6 Å². The number of rotatable bonds is 3. The Morgan fingerprint density at radius 3 is 3.10 bits per heavy atom. The van der Waals surface area contributed by atoms with E-state index in [1.165, 1.54) is 0 Å². The highest BCUT2D eigenvalue weighted by Gasteiger charge is 2.18. The Hall–Kier alpha value is -2.21. The topological polar surface area (TPSA) is 80.0 Å². The minimum atomic E-state index is -0.0687. The maximum atomic E-state index is 12.2. The molecule has 2 N–H and O–H groups in total. The number of hydrogen-bond donors (Lipinski definition) is 2. The van der Waals surface area contributed by atoms with Crippen molar-refractivity contribution in [2.75, 3.05) is 13.1 Å². The van der Waals surface area contributed by atoms with E-state index in [2.05, 4.69) is 20.8 Å². The highest BCUT2D eigenvalue weighted by Crippen LogP contribution is 2.17. The van der Waals surface area contributed by atoms with Crippen LogP contribution in [0.4, 0.5) is 0 Å². The molecule has 2 heterocycles. The Morgan fingerprint density at radius 1 is 1.50 bits per heavy atom. The summed E-state index contributed by atoms with van der Waals surface area (Å²) in [5.74, 6) is 0.937. The minimum absolute atomic E-state index is 0.0687. The van der Waals surface area contributed by atoms with Crippen molar-refractivity contribution in [2.24, 2.45) is 0 Å². The molecule has 6 heteroatoms. The van der Waals surface area contributed by atoms with Gasteiger partial charge in [0.15, 0.2) is 0 Å². The van der Waals surface area contributed by atoms with Crippen molar-refractivity contribution in [3.05, 3.63) is 35.7 Å². The predicted molar refractivity (Wildman–Crippen MR) is 73.2 cm³/mol. The van der Waals surface area contributed by atoms with E-state index in [9.17, 15) is 4.79 Å². The molecule has 0 saturated carbocycles. The van der Waals surface area contributed by atoms with Crippen molar-refractivity contribution in [1.29, 1.82) is 0 Å². The number of benzene rings is 1. The molecule has 0 radical (unpaired) electrons. The summed E-state index contributed by atoms with van der Waals surface area (Å²) in [6, 6.07) is 7.45. The van der Waals surface area contributed by atoms with Crippen molar-refractivity contribution in [2.45, 2.75) is 19.4 Å². The Labute approximate surface area is 116 Å². The fourth-order valence-corrected chi connectivity index (χ4v) is 2.26. The second kappa shape index (κ2) is 5.42. The van der Waals surface area contributed by atoms with Crippen LogP contribution in [0.25, 0.3) is 11.4 Å². The zero-order valence-electron chi connectivity index (χ0n) is 11.2. The molecule has 1 aromatic heterocycles. The van der Waals surface area contributed by atoms with Crippen LogP contribution in [0.2, 0.25) is 0 Å². The van der Waals surface area contributed by atoms with E-state index in [-0.39, 0.29) is 11.9 Å². The van der Waals surface area contributed by atoms with Gasteiger partial charge in [-0.15, -0.1) is 0 Å². The van der Waals surface area contributed by atoms with Crippen LogP contribution in [-0.4, -0.2) is 35.2 Å². The maximum absolute atomic E-state index is 12.2. The second-order valence-electron chi connectivity index (χ2n) is 4.88. The van der Waals surface area contributed by atoms with Crippen molar-refractivity contribution < 1.29 is 9.32 Å². The van der Waals surface area contributed by atoms with Crippen LogP contribution in [0.3, 0.4) is 0 Å². The standard InChI is InChI=1S/C14H16N4O2/c1-9-16-13(18-20-9)10-3-2-4-11(7-10)14(19)17-12-5-6-15-8-12/h2-4,7,12,15H,5-6,8H2,1H3,(H,17,19). The number of hydrogen-bond acceptors (Lipinski definition) is 5. The van der Waals surface area contributed by atoms with E-state index in [1.807, 2.05) is 12.1 Å². The molecule has 1 aromatic carbocycles. The Bertz CT molecular complexity index is 617. The van der Waals surface area contributed by atoms with Gasteiger partial charge in [0.1, 0.15) is 0 Å². The van der Waals surface area contributed by atoms with Gasteiger partial charge >= 0.3 is 0 Å². The summed E-state index contributed by atoms with van der Waals surface area (Å²) < 4.78 is 4.96. The van der Waals surface area contributed by atoms with Crippen molar-refractivity contribution in [1.82, 2.24) is 20.8 Å². The molecule has 3 rings (SSSR count). The first-order chi connectivity index (χ1) is 9.72. The molecular formula is C14H16N4O2. The molecule has 1 amide bonds. The molecule has 0 spiro atoms. The Morgan fingerprint density at radius 2 is 2.40 bits per heavy atom. The molecule has 6 nitrogen and oxygen atoms in total. The fourth-order valence-electron chi connectivity index (χ4n) is 2.26. The van der Waals surface area contributed by atoms with Crippen LogP contribution >= 0.6 is 0 Å².